The molecule has 6 heteroatoms. The first-order valence-electron chi connectivity index (χ1n) is 8.54. The molecule has 22 heavy (non-hydrogen) atoms. The minimum atomic E-state index is 0.661. The number of hydrogen-bond acceptors (Lipinski definition) is 4. The highest BCUT2D eigenvalue weighted by atomic mass is 35.5. The molecule has 0 radical (unpaired) electrons. The quantitative estimate of drug-likeness (QED) is 0.896. The summed E-state index contributed by atoms with van der Waals surface area (Å²) < 4.78 is 0. The Morgan fingerprint density at radius 1 is 1.23 bits per heavy atom. The molecule has 2 saturated heterocycles. The number of halogens is 1. The van der Waals surface area contributed by atoms with Crippen LogP contribution in [-0.4, -0.2) is 77.0 Å². The van der Waals surface area contributed by atoms with E-state index in [1.165, 1.54) is 32.6 Å². The van der Waals surface area contributed by atoms with Gasteiger partial charge in [-0.25, -0.2) is 4.98 Å². The monoisotopic (exact) mass is 325 g/mol. The second kappa shape index (κ2) is 7.30. The number of aromatic amines is 1. The third-order valence-corrected chi connectivity index (χ3v) is 5.22. The van der Waals surface area contributed by atoms with Crippen LogP contribution in [0, 0.1) is 0 Å². The molecule has 124 valence electrons. The Hall–Kier alpha value is -0.620. The van der Waals surface area contributed by atoms with Crippen molar-refractivity contribution >= 4 is 11.6 Å². The number of unbranched alkanes of at least 4 members (excludes halogenated alkanes) is 1. The fourth-order valence-electron chi connectivity index (χ4n) is 3.55. The average molecular weight is 326 g/mol. The molecule has 0 aromatic carbocycles. The highest BCUT2D eigenvalue weighted by molar-refractivity contribution is 6.30. The van der Waals surface area contributed by atoms with E-state index in [9.17, 15) is 0 Å². The van der Waals surface area contributed by atoms with Crippen molar-refractivity contribution in [1.82, 2.24) is 24.7 Å². The molecule has 1 atom stereocenters. The molecule has 0 spiro atoms. The van der Waals surface area contributed by atoms with Gasteiger partial charge >= 0.3 is 0 Å². The van der Waals surface area contributed by atoms with Gasteiger partial charge in [0, 0.05) is 58.3 Å². The van der Waals surface area contributed by atoms with Crippen LogP contribution in [0.2, 0.25) is 5.15 Å². The summed E-state index contributed by atoms with van der Waals surface area (Å²) in [7, 11) is 2.22. The number of rotatable bonds is 5. The fraction of sp³-hybridized carbons (Fsp3) is 0.812. The Morgan fingerprint density at radius 3 is 2.86 bits per heavy atom. The Balaban J connectivity index is 1.58. The lowest BCUT2D eigenvalue weighted by atomic mass is 10.1. The zero-order valence-corrected chi connectivity index (χ0v) is 14.6. The summed E-state index contributed by atoms with van der Waals surface area (Å²) >= 11 is 6.32. The molecule has 0 saturated carbocycles. The number of nitrogens with one attached hydrogen (secondary N) is 1. The molecule has 0 aliphatic carbocycles. The van der Waals surface area contributed by atoms with E-state index in [-0.39, 0.29) is 0 Å². The molecule has 1 unspecified atom stereocenters. The molecular weight excluding hydrogens is 298 g/mol. The molecule has 1 aromatic rings. The first-order chi connectivity index (χ1) is 10.7. The summed E-state index contributed by atoms with van der Waals surface area (Å²) in [6.07, 6.45) is 3.35. The molecule has 1 N–H and O–H groups in total. The van der Waals surface area contributed by atoms with Gasteiger partial charge in [0.2, 0.25) is 0 Å². The van der Waals surface area contributed by atoms with Gasteiger partial charge in [-0.1, -0.05) is 24.9 Å². The lowest BCUT2D eigenvalue weighted by molar-refractivity contribution is 0.0171. The molecular formula is C16H28ClN5. The summed E-state index contributed by atoms with van der Waals surface area (Å²) in [4.78, 5) is 15.5. The Labute approximate surface area is 138 Å². The maximum absolute atomic E-state index is 6.32. The summed E-state index contributed by atoms with van der Waals surface area (Å²) in [5, 5.41) is 0.661. The van der Waals surface area contributed by atoms with Crippen molar-refractivity contribution < 1.29 is 0 Å². The molecule has 2 aliphatic heterocycles. The van der Waals surface area contributed by atoms with Gasteiger partial charge in [-0.3, -0.25) is 9.80 Å². The minimum absolute atomic E-state index is 0.661. The average Bonchev–Trinajstić information content (AvgIpc) is 2.85. The zero-order chi connectivity index (χ0) is 15.5. The van der Waals surface area contributed by atoms with E-state index in [4.69, 9.17) is 11.6 Å². The van der Waals surface area contributed by atoms with Gasteiger partial charge in [0.15, 0.2) is 5.15 Å². The maximum atomic E-state index is 6.32. The normalized spacial score (nSPS) is 24.6. The largest absolute Gasteiger partial charge is 0.344 e. The first-order valence-corrected chi connectivity index (χ1v) is 8.91. The summed E-state index contributed by atoms with van der Waals surface area (Å²) in [6, 6.07) is 0.661. The number of H-pyrrole nitrogens is 1. The van der Waals surface area contributed by atoms with Crippen molar-refractivity contribution in [2.45, 2.75) is 38.8 Å². The van der Waals surface area contributed by atoms with Gasteiger partial charge in [0.1, 0.15) is 5.82 Å². The predicted molar refractivity (Wildman–Crippen MR) is 90.3 cm³/mol. The predicted octanol–water partition coefficient (Wildman–Crippen LogP) is 1.84. The third kappa shape index (κ3) is 3.82. The number of hydrogen-bond donors (Lipinski definition) is 1. The van der Waals surface area contributed by atoms with Crippen LogP contribution in [0.5, 0.6) is 0 Å². The second-order valence-electron chi connectivity index (χ2n) is 6.74. The number of fused-ring (bicyclic) bond motifs is 1. The van der Waals surface area contributed by atoms with Gasteiger partial charge < -0.3 is 9.88 Å². The molecule has 5 nitrogen and oxygen atoms in total. The zero-order valence-electron chi connectivity index (χ0n) is 13.8. The van der Waals surface area contributed by atoms with Crippen LogP contribution in [0.1, 0.15) is 31.3 Å². The molecule has 3 rings (SSSR count). The van der Waals surface area contributed by atoms with E-state index in [2.05, 4.69) is 38.6 Å². The van der Waals surface area contributed by atoms with Crippen LogP contribution in [-0.2, 0) is 13.0 Å². The van der Waals surface area contributed by atoms with E-state index < -0.39 is 0 Å². The van der Waals surface area contributed by atoms with Crippen LogP contribution in [0.25, 0.3) is 0 Å². The van der Waals surface area contributed by atoms with Crippen molar-refractivity contribution in [1.29, 1.82) is 0 Å². The van der Waals surface area contributed by atoms with Gasteiger partial charge in [-0.2, -0.15) is 0 Å². The van der Waals surface area contributed by atoms with Crippen LogP contribution in [0.15, 0.2) is 0 Å². The first kappa shape index (κ1) is 16.2. The number of imidazole rings is 1. The lowest BCUT2D eigenvalue weighted by Gasteiger charge is -2.46. The number of nitrogens with zero attached hydrogens (tertiary/aromatic N) is 4. The van der Waals surface area contributed by atoms with Crippen molar-refractivity contribution in [3.63, 3.8) is 0 Å². The lowest BCUT2D eigenvalue weighted by Crippen LogP contribution is -2.61. The molecule has 3 heterocycles. The maximum Gasteiger partial charge on any atom is 0.151 e. The summed E-state index contributed by atoms with van der Waals surface area (Å²) in [5.41, 5.74) is 1.09. The van der Waals surface area contributed by atoms with Gasteiger partial charge in [0.05, 0.1) is 5.69 Å². The van der Waals surface area contributed by atoms with Crippen molar-refractivity contribution in [2.75, 3.05) is 46.3 Å². The van der Waals surface area contributed by atoms with Crippen molar-refractivity contribution in [2.24, 2.45) is 0 Å². The summed E-state index contributed by atoms with van der Waals surface area (Å²) in [6.45, 7) is 10.1. The topological polar surface area (TPSA) is 38.4 Å². The summed E-state index contributed by atoms with van der Waals surface area (Å²) in [5.74, 6) is 1.04. The van der Waals surface area contributed by atoms with Gasteiger partial charge in [-0.05, 0) is 13.5 Å². The van der Waals surface area contributed by atoms with Crippen molar-refractivity contribution in [3.8, 4) is 0 Å². The molecule has 0 amide bonds. The van der Waals surface area contributed by atoms with E-state index in [0.717, 1.165) is 44.0 Å². The Morgan fingerprint density at radius 2 is 2.05 bits per heavy atom. The smallest absolute Gasteiger partial charge is 0.151 e. The highest BCUT2D eigenvalue weighted by Gasteiger charge is 2.31. The second-order valence-corrected chi connectivity index (χ2v) is 7.10. The Kier molecular flexibility index (Phi) is 5.39. The third-order valence-electron chi connectivity index (χ3n) is 4.91. The van der Waals surface area contributed by atoms with E-state index in [1.807, 2.05) is 0 Å². The van der Waals surface area contributed by atoms with Crippen LogP contribution in [0.4, 0.5) is 0 Å². The molecule has 2 fully saturated rings. The van der Waals surface area contributed by atoms with Gasteiger partial charge in [0.25, 0.3) is 0 Å². The number of aryl methyl sites for hydroxylation is 1. The van der Waals surface area contributed by atoms with E-state index >= 15 is 0 Å². The number of aromatic nitrogens is 2. The van der Waals surface area contributed by atoms with E-state index in [1.54, 1.807) is 0 Å². The number of piperazine rings is 2. The fourth-order valence-corrected chi connectivity index (χ4v) is 3.76. The highest BCUT2D eigenvalue weighted by Crippen LogP contribution is 2.20. The minimum Gasteiger partial charge on any atom is -0.344 e. The van der Waals surface area contributed by atoms with Crippen LogP contribution in [0.3, 0.4) is 0 Å². The Bertz CT molecular complexity index is 489. The molecule has 1 aromatic heterocycles. The van der Waals surface area contributed by atoms with E-state index in [0.29, 0.717) is 11.2 Å². The molecule has 0 bridgehead atoms. The van der Waals surface area contributed by atoms with Gasteiger partial charge in [-0.15, -0.1) is 0 Å². The number of likely N-dealkylation sites (N-methyl/N-ethyl adjacent to an activating group) is 1. The standard InChI is InChI=1S/C16H28ClN5/c1-3-4-5-15-18-14(16(17)19-15)12-21-7-9-22-8-6-20(2)10-13(22)11-21/h13H,3-12H2,1-2H3,(H,18,19). The van der Waals surface area contributed by atoms with Crippen LogP contribution < -0.4 is 0 Å². The van der Waals surface area contributed by atoms with Crippen molar-refractivity contribution in [3.05, 3.63) is 16.7 Å². The SMILES string of the molecule is CCCCc1nc(Cl)c(CN2CCN3CCN(C)CC3C2)[nH]1. The molecule has 2 aliphatic rings. The van der Waals surface area contributed by atoms with Crippen LogP contribution >= 0.6 is 11.6 Å².